The molecule has 5 nitrogen and oxygen atoms in total. The number of aromatic nitrogens is 2. The van der Waals surface area contributed by atoms with Gasteiger partial charge in [-0.1, -0.05) is 13.8 Å². The number of carbonyl (C=O) groups excluding carboxylic acids is 1. The predicted molar refractivity (Wildman–Crippen MR) is 62.7 cm³/mol. The number of nitrogens with zero attached hydrogens (tertiary/aromatic N) is 2. The van der Waals surface area contributed by atoms with E-state index in [4.69, 9.17) is 5.73 Å². The molecule has 0 aromatic carbocycles. The zero-order chi connectivity index (χ0) is 12.1. The first-order chi connectivity index (χ1) is 7.56. The maximum atomic E-state index is 11.5. The van der Waals surface area contributed by atoms with E-state index in [0.29, 0.717) is 12.5 Å². The number of hydrogen-bond donors (Lipinski definition) is 2. The number of imidazole rings is 1. The van der Waals surface area contributed by atoms with Gasteiger partial charge in [-0.15, -0.1) is 0 Å². The topological polar surface area (TPSA) is 72.9 Å². The summed E-state index contributed by atoms with van der Waals surface area (Å²) in [6.07, 6.45) is 3.37. The van der Waals surface area contributed by atoms with Crippen molar-refractivity contribution in [3.63, 3.8) is 0 Å². The number of likely N-dealkylation sites (N-methyl/N-ethyl adjacent to an activating group) is 1. The van der Waals surface area contributed by atoms with Gasteiger partial charge in [-0.2, -0.15) is 0 Å². The minimum atomic E-state index is -0.0862. The smallest absolute Gasteiger partial charge is 0.239 e. The Morgan fingerprint density at radius 2 is 2.31 bits per heavy atom. The molecule has 0 aliphatic rings. The van der Waals surface area contributed by atoms with Gasteiger partial charge in [0, 0.05) is 18.8 Å². The SMILES string of the molecule is CCNC(=O)Cn1cncc1C(N)C(C)C. The van der Waals surface area contributed by atoms with Crippen molar-refractivity contribution in [1.29, 1.82) is 0 Å². The Morgan fingerprint density at radius 3 is 2.88 bits per heavy atom. The van der Waals surface area contributed by atoms with E-state index in [2.05, 4.69) is 10.3 Å². The maximum absolute atomic E-state index is 11.5. The Hall–Kier alpha value is -1.36. The molecule has 5 heteroatoms. The van der Waals surface area contributed by atoms with E-state index in [-0.39, 0.29) is 18.5 Å². The van der Waals surface area contributed by atoms with E-state index in [9.17, 15) is 4.79 Å². The van der Waals surface area contributed by atoms with Gasteiger partial charge in [-0.3, -0.25) is 4.79 Å². The Bertz CT molecular complexity index is 346. The summed E-state index contributed by atoms with van der Waals surface area (Å²) in [5, 5.41) is 2.75. The average Bonchev–Trinajstić information content (AvgIpc) is 2.64. The summed E-state index contributed by atoms with van der Waals surface area (Å²) in [4.78, 5) is 15.5. The van der Waals surface area contributed by atoms with Crippen LogP contribution in [0.2, 0.25) is 0 Å². The first-order valence-corrected chi connectivity index (χ1v) is 5.58. The maximum Gasteiger partial charge on any atom is 0.239 e. The number of amides is 1. The van der Waals surface area contributed by atoms with Gasteiger partial charge in [0.25, 0.3) is 0 Å². The molecule has 0 radical (unpaired) electrons. The summed E-state index contributed by atoms with van der Waals surface area (Å²) in [6.45, 7) is 6.91. The van der Waals surface area contributed by atoms with Gasteiger partial charge in [-0.05, 0) is 12.8 Å². The van der Waals surface area contributed by atoms with Gasteiger partial charge >= 0.3 is 0 Å². The quantitative estimate of drug-likeness (QED) is 0.772. The first kappa shape index (κ1) is 12.7. The molecule has 90 valence electrons. The summed E-state index contributed by atoms with van der Waals surface area (Å²) in [6, 6.07) is -0.0862. The molecule has 1 amide bonds. The molecule has 0 bridgehead atoms. The lowest BCUT2D eigenvalue weighted by Gasteiger charge is -2.17. The van der Waals surface area contributed by atoms with Crippen LogP contribution in [0.1, 0.15) is 32.5 Å². The normalized spacial score (nSPS) is 12.8. The third-order valence-corrected chi connectivity index (χ3v) is 2.49. The van der Waals surface area contributed by atoms with Crippen LogP contribution in [0.4, 0.5) is 0 Å². The summed E-state index contributed by atoms with van der Waals surface area (Å²) >= 11 is 0. The fourth-order valence-corrected chi connectivity index (χ4v) is 1.49. The number of rotatable bonds is 5. The molecule has 0 spiro atoms. The van der Waals surface area contributed by atoms with Crippen LogP contribution in [0.5, 0.6) is 0 Å². The molecule has 0 aliphatic carbocycles. The fraction of sp³-hybridized carbons (Fsp3) is 0.636. The van der Waals surface area contributed by atoms with Crippen molar-refractivity contribution in [2.75, 3.05) is 6.54 Å². The Kier molecular flexibility index (Phi) is 4.49. The second-order valence-electron chi connectivity index (χ2n) is 4.17. The molecule has 1 aromatic heterocycles. The minimum Gasteiger partial charge on any atom is -0.355 e. The van der Waals surface area contributed by atoms with Gasteiger partial charge < -0.3 is 15.6 Å². The van der Waals surface area contributed by atoms with Crippen LogP contribution < -0.4 is 11.1 Å². The van der Waals surface area contributed by atoms with Gasteiger partial charge in [0.2, 0.25) is 5.91 Å². The zero-order valence-corrected chi connectivity index (χ0v) is 10.1. The predicted octanol–water partition coefficient (Wildman–Crippen LogP) is 0.675. The highest BCUT2D eigenvalue weighted by Crippen LogP contribution is 2.17. The van der Waals surface area contributed by atoms with Crippen molar-refractivity contribution in [2.24, 2.45) is 11.7 Å². The molecule has 0 fully saturated rings. The van der Waals surface area contributed by atoms with E-state index < -0.39 is 0 Å². The molecular formula is C11H20N4O. The van der Waals surface area contributed by atoms with Gasteiger partial charge in [0.1, 0.15) is 6.54 Å². The molecule has 1 unspecified atom stereocenters. The molecule has 1 aromatic rings. The molecule has 16 heavy (non-hydrogen) atoms. The van der Waals surface area contributed by atoms with Gasteiger partial charge in [0.05, 0.1) is 12.0 Å². The van der Waals surface area contributed by atoms with Gasteiger partial charge in [-0.25, -0.2) is 4.98 Å². The van der Waals surface area contributed by atoms with Crippen LogP contribution in [0.3, 0.4) is 0 Å². The van der Waals surface area contributed by atoms with E-state index in [1.807, 2.05) is 20.8 Å². The van der Waals surface area contributed by atoms with Crippen LogP contribution in [0.15, 0.2) is 12.5 Å². The lowest BCUT2D eigenvalue weighted by molar-refractivity contribution is -0.121. The zero-order valence-electron chi connectivity index (χ0n) is 10.1. The molecule has 0 saturated carbocycles. The van der Waals surface area contributed by atoms with Crippen molar-refractivity contribution in [1.82, 2.24) is 14.9 Å². The van der Waals surface area contributed by atoms with Crippen molar-refractivity contribution < 1.29 is 4.79 Å². The van der Waals surface area contributed by atoms with Crippen LogP contribution in [-0.2, 0) is 11.3 Å². The van der Waals surface area contributed by atoms with Gasteiger partial charge in [0.15, 0.2) is 0 Å². The third kappa shape index (κ3) is 3.06. The number of carbonyl (C=O) groups is 1. The van der Waals surface area contributed by atoms with E-state index in [1.54, 1.807) is 17.1 Å². The second kappa shape index (κ2) is 5.65. The first-order valence-electron chi connectivity index (χ1n) is 5.58. The second-order valence-corrected chi connectivity index (χ2v) is 4.17. The number of nitrogens with one attached hydrogen (secondary N) is 1. The van der Waals surface area contributed by atoms with Crippen molar-refractivity contribution in [2.45, 2.75) is 33.4 Å². The molecule has 0 aliphatic heterocycles. The number of nitrogens with two attached hydrogens (primary N) is 1. The highest BCUT2D eigenvalue weighted by atomic mass is 16.1. The highest BCUT2D eigenvalue weighted by molar-refractivity contribution is 5.75. The Labute approximate surface area is 96.0 Å². The minimum absolute atomic E-state index is 0.0160. The van der Waals surface area contributed by atoms with Crippen molar-refractivity contribution in [3.8, 4) is 0 Å². The summed E-state index contributed by atoms with van der Waals surface area (Å²) < 4.78 is 1.80. The largest absolute Gasteiger partial charge is 0.355 e. The van der Waals surface area contributed by atoms with Crippen molar-refractivity contribution >= 4 is 5.91 Å². The summed E-state index contributed by atoms with van der Waals surface area (Å²) in [7, 11) is 0. The highest BCUT2D eigenvalue weighted by Gasteiger charge is 2.16. The van der Waals surface area contributed by atoms with E-state index >= 15 is 0 Å². The van der Waals surface area contributed by atoms with Crippen LogP contribution in [-0.4, -0.2) is 22.0 Å². The number of hydrogen-bond acceptors (Lipinski definition) is 3. The average molecular weight is 224 g/mol. The van der Waals surface area contributed by atoms with Crippen LogP contribution in [0.25, 0.3) is 0 Å². The van der Waals surface area contributed by atoms with E-state index in [0.717, 1.165) is 5.69 Å². The fourth-order valence-electron chi connectivity index (χ4n) is 1.49. The van der Waals surface area contributed by atoms with Crippen LogP contribution in [0, 0.1) is 5.92 Å². The standard InChI is InChI=1S/C11H20N4O/c1-4-14-10(16)6-15-7-13-5-9(15)11(12)8(2)3/h5,7-8,11H,4,6,12H2,1-3H3,(H,14,16). The molecule has 1 atom stereocenters. The molecular weight excluding hydrogens is 204 g/mol. The Morgan fingerprint density at radius 1 is 1.62 bits per heavy atom. The van der Waals surface area contributed by atoms with Crippen molar-refractivity contribution in [3.05, 3.63) is 18.2 Å². The molecule has 1 heterocycles. The molecule has 1 rings (SSSR count). The summed E-state index contributed by atoms with van der Waals surface area (Å²) in [5.74, 6) is 0.308. The summed E-state index contributed by atoms with van der Waals surface area (Å²) in [5.41, 5.74) is 6.94. The lowest BCUT2D eigenvalue weighted by Crippen LogP contribution is -2.29. The Balaban J connectivity index is 2.74. The lowest BCUT2D eigenvalue weighted by atomic mass is 10.0. The third-order valence-electron chi connectivity index (χ3n) is 2.49. The monoisotopic (exact) mass is 224 g/mol. The van der Waals surface area contributed by atoms with Crippen LogP contribution >= 0.6 is 0 Å². The van der Waals surface area contributed by atoms with E-state index in [1.165, 1.54) is 0 Å². The molecule has 3 N–H and O–H groups in total. The molecule has 0 saturated heterocycles.